The average Bonchev–Trinajstić information content (AvgIpc) is 2.15. The van der Waals surface area contributed by atoms with Crippen LogP contribution in [0.15, 0.2) is 23.3 Å². The molecule has 0 atom stereocenters. The molecule has 0 aromatic heterocycles. The van der Waals surface area contributed by atoms with E-state index in [9.17, 15) is 4.79 Å². The molecule has 0 radical (unpaired) electrons. The van der Waals surface area contributed by atoms with E-state index in [-0.39, 0.29) is 5.97 Å². The van der Waals surface area contributed by atoms with Gasteiger partial charge >= 0.3 is 5.97 Å². The molecule has 0 aliphatic heterocycles. The molecule has 0 spiro atoms. The van der Waals surface area contributed by atoms with Gasteiger partial charge in [-0.3, -0.25) is 0 Å². The van der Waals surface area contributed by atoms with E-state index in [4.69, 9.17) is 0 Å². The number of methoxy groups -OCH3 is 1. The van der Waals surface area contributed by atoms with Crippen molar-refractivity contribution >= 4 is 5.97 Å². The third-order valence-electron chi connectivity index (χ3n) is 1.78. The van der Waals surface area contributed by atoms with E-state index >= 15 is 0 Å². The lowest BCUT2D eigenvalue weighted by Gasteiger charge is -2.00. The topological polar surface area (TPSA) is 26.3 Å². The Morgan fingerprint density at radius 2 is 2.00 bits per heavy atom. The van der Waals surface area contributed by atoms with E-state index in [1.165, 1.54) is 12.7 Å². The molecule has 0 heterocycles. The molecule has 74 valence electrons. The lowest BCUT2D eigenvalue weighted by atomic mass is 10.1. The minimum atomic E-state index is -0.254. The van der Waals surface area contributed by atoms with Crippen molar-refractivity contribution in [1.29, 1.82) is 0 Å². The van der Waals surface area contributed by atoms with Gasteiger partial charge in [0.2, 0.25) is 0 Å². The van der Waals surface area contributed by atoms with E-state index < -0.39 is 0 Å². The first-order chi connectivity index (χ1) is 6.15. The van der Waals surface area contributed by atoms with Gasteiger partial charge in [-0.25, -0.2) is 4.79 Å². The minimum absolute atomic E-state index is 0.254. The lowest BCUT2D eigenvalue weighted by Crippen LogP contribution is -2.01. The van der Waals surface area contributed by atoms with E-state index in [0.29, 0.717) is 5.57 Å². The smallest absolute Gasteiger partial charge is 0.333 e. The lowest BCUT2D eigenvalue weighted by molar-refractivity contribution is -0.136. The number of carbonyl (C=O) groups excluding carboxylic acids is 1. The molecule has 0 aromatic rings. The Labute approximate surface area is 80.3 Å². The van der Waals surface area contributed by atoms with Crippen LogP contribution < -0.4 is 0 Å². The fourth-order valence-corrected chi connectivity index (χ4v) is 1.07. The van der Waals surface area contributed by atoms with Crippen LogP contribution in [0, 0.1) is 0 Å². The summed E-state index contributed by atoms with van der Waals surface area (Å²) >= 11 is 0. The molecule has 0 saturated heterocycles. The quantitative estimate of drug-likeness (QED) is 0.379. The van der Waals surface area contributed by atoms with Gasteiger partial charge in [0.1, 0.15) is 0 Å². The van der Waals surface area contributed by atoms with Crippen molar-refractivity contribution in [2.75, 3.05) is 7.11 Å². The van der Waals surface area contributed by atoms with Crippen LogP contribution in [0.25, 0.3) is 0 Å². The highest BCUT2D eigenvalue weighted by molar-refractivity contribution is 5.88. The fourth-order valence-electron chi connectivity index (χ4n) is 1.07. The molecule has 0 rings (SSSR count). The minimum Gasteiger partial charge on any atom is -0.466 e. The highest BCUT2D eigenvalue weighted by Gasteiger charge is 2.02. The zero-order chi connectivity index (χ0) is 10.3. The third-order valence-corrected chi connectivity index (χ3v) is 1.78. The normalized spacial score (nSPS) is 12.9. The number of allylic oxidation sites excluding steroid dienone is 3. The second-order valence-electron chi connectivity index (χ2n) is 2.86. The molecule has 0 unspecified atom stereocenters. The predicted octanol–water partition coefficient (Wildman–Crippen LogP) is 2.85. The maximum Gasteiger partial charge on any atom is 0.333 e. The third kappa shape index (κ3) is 4.51. The van der Waals surface area contributed by atoms with Gasteiger partial charge in [0.05, 0.1) is 7.11 Å². The number of carbonyl (C=O) groups is 1. The molecule has 0 amide bonds. The van der Waals surface area contributed by atoms with Crippen molar-refractivity contribution < 1.29 is 9.53 Å². The van der Waals surface area contributed by atoms with Gasteiger partial charge < -0.3 is 4.74 Å². The summed E-state index contributed by atoms with van der Waals surface area (Å²) in [7, 11) is 1.40. The van der Waals surface area contributed by atoms with Crippen molar-refractivity contribution in [2.45, 2.75) is 33.6 Å². The molecule has 0 N–H and O–H groups in total. The van der Waals surface area contributed by atoms with Crippen LogP contribution in [-0.2, 0) is 9.53 Å². The Morgan fingerprint density at radius 3 is 2.38 bits per heavy atom. The Bertz CT molecular complexity index is 224. The zero-order valence-corrected chi connectivity index (χ0v) is 8.89. The van der Waals surface area contributed by atoms with Crippen LogP contribution in [0.2, 0.25) is 0 Å². The highest BCUT2D eigenvalue weighted by atomic mass is 16.5. The summed E-state index contributed by atoms with van der Waals surface area (Å²) in [6.45, 7) is 5.92. The van der Waals surface area contributed by atoms with Crippen molar-refractivity contribution in [3.63, 3.8) is 0 Å². The van der Waals surface area contributed by atoms with Gasteiger partial charge in [-0.05, 0) is 25.8 Å². The van der Waals surface area contributed by atoms with E-state index in [1.807, 2.05) is 6.08 Å². The monoisotopic (exact) mass is 182 g/mol. The second-order valence-corrected chi connectivity index (χ2v) is 2.86. The molecule has 2 nitrogen and oxygen atoms in total. The first kappa shape index (κ1) is 11.9. The number of rotatable bonds is 4. The average molecular weight is 182 g/mol. The highest BCUT2D eigenvalue weighted by Crippen LogP contribution is 2.08. The van der Waals surface area contributed by atoms with E-state index in [1.54, 1.807) is 6.92 Å². The van der Waals surface area contributed by atoms with Crippen molar-refractivity contribution in [1.82, 2.24) is 0 Å². The number of hydrogen-bond donors (Lipinski definition) is 0. The summed E-state index contributed by atoms with van der Waals surface area (Å²) < 4.78 is 4.60. The van der Waals surface area contributed by atoms with Gasteiger partial charge in [-0.2, -0.15) is 0 Å². The van der Waals surface area contributed by atoms with Crippen molar-refractivity contribution in [3.8, 4) is 0 Å². The van der Waals surface area contributed by atoms with Crippen LogP contribution >= 0.6 is 0 Å². The van der Waals surface area contributed by atoms with E-state index in [0.717, 1.165) is 12.8 Å². The standard InChI is InChI=1S/C11H18O2/c1-5-7-10(6-2)8-9(3)11(12)13-4/h7-8H,5-6H2,1-4H3/b9-8-,10-7-. The first-order valence-corrected chi connectivity index (χ1v) is 4.61. The Morgan fingerprint density at radius 1 is 1.38 bits per heavy atom. The molecule has 0 aromatic carbocycles. The Hall–Kier alpha value is -1.05. The fraction of sp³-hybridized carbons (Fsp3) is 0.545. The SMILES string of the molecule is CC/C=C(\C=C(\C)C(=O)OC)CC. The van der Waals surface area contributed by atoms with E-state index in [2.05, 4.69) is 24.7 Å². The van der Waals surface area contributed by atoms with Gasteiger partial charge in [-0.15, -0.1) is 0 Å². The van der Waals surface area contributed by atoms with Gasteiger partial charge in [-0.1, -0.05) is 25.5 Å². The summed E-state index contributed by atoms with van der Waals surface area (Å²) in [5, 5.41) is 0. The predicted molar refractivity (Wildman–Crippen MR) is 54.4 cm³/mol. The molecular formula is C11H18O2. The van der Waals surface area contributed by atoms with Gasteiger partial charge in [0, 0.05) is 5.57 Å². The van der Waals surface area contributed by atoms with Crippen molar-refractivity contribution in [3.05, 3.63) is 23.3 Å². The summed E-state index contributed by atoms with van der Waals surface area (Å²) in [4.78, 5) is 11.0. The molecule has 13 heavy (non-hydrogen) atoms. The molecule has 0 fully saturated rings. The molecule has 0 bridgehead atoms. The molecular weight excluding hydrogens is 164 g/mol. The number of esters is 1. The molecule has 2 heteroatoms. The summed E-state index contributed by atoms with van der Waals surface area (Å²) in [6, 6.07) is 0. The van der Waals surface area contributed by atoms with Gasteiger partial charge in [0.15, 0.2) is 0 Å². The van der Waals surface area contributed by atoms with Crippen LogP contribution in [0.4, 0.5) is 0 Å². The largest absolute Gasteiger partial charge is 0.466 e. The number of hydrogen-bond acceptors (Lipinski definition) is 2. The molecule has 0 aliphatic carbocycles. The Balaban J connectivity index is 4.51. The summed E-state index contributed by atoms with van der Waals surface area (Å²) in [6.07, 6.45) is 5.94. The maximum atomic E-state index is 11.0. The van der Waals surface area contributed by atoms with Crippen LogP contribution in [0.5, 0.6) is 0 Å². The van der Waals surface area contributed by atoms with Gasteiger partial charge in [0.25, 0.3) is 0 Å². The second kappa shape index (κ2) is 6.46. The first-order valence-electron chi connectivity index (χ1n) is 4.61. The molecule has 0 saturated carbocycles. The van der Waals surface area contributed by atoms with Crippen LogP contribution in [0.3, 0.4) is 0 Å². The summed E-state index contributed by atoms with van der Waals surface area (Å²) in [5.41, 5.74) is 1.84. The maximum absolute atomic E-state index is 11.0. The Kier molecular flexibility index (Phi) is 5.94. The van der Waals surface area contributed by atoms with Crippen LogP contribution in [0.1, 0.15) is 33.6 Å². The summed E-state index contributed by atoms with van der Waals surface area (Å²) in [5.74, 6) is -0.254. The van der Waals surface area contributed by atoms with Crippen molar-refractivity contribution in [2.24, 2.45) is 0 Å². The number of ether oxygens (including phenoxy) is 1. The zero-order valence-electron chi connectivity index (χ0n) is 8.89. The molecule has 0 aliphatic rings. The van der Waals surface area contributed by atoms with Crippen LogP contribution in [-0.4, -0.2) is 13.1 Å².